The molecule has 1 spiro atoms. The fourth-order valence-electron chi connectivity index (χ4n) is 4.22. The summed E-state index contributed by atoms with van der Waals surface area (Å²) < 4.78 is 1.94. The van der Waals surface area contributed by atoms with Crippen LogP contribution in [0.3, 0.4) is 0 Å². The van der Waals surface area contributed by atoms with Crippen molar-refractivity contribution < 1.29 is 4.79 Å². The molecule has 1 aliphatic heterocycles. The van der Waals surface area contributed by atoms with Gasteiger partial charge in [-0.2, -0.15) is 0 Å². The third kappa shape index (κ3) is 2.37. The molecule has 24 heavy (non-hydrogen) atoms. The number of urea groups is 1. The Hall–Kier alpha value is -2.37. The van der Waals surface area contributed by atoms with Gasteiger partial charge in [0, 0.05) is 24.2 Å². The number of nitrogens with zero attached hydrogens (tertiary/aromatic N) is 4. The number of carbonyl (C=O) groups is 1. The number of nitrogens with one attached hydrogen (secondary N) is 1. The molecule has 1 N–H and O–H groups in total. The number of rotatable bonds is 3. The number of benzene rings is 1. The zero-order valence-corrected chi connectivity index (χ0v) is 14.0. The zero-order chi connectivity index (χ0) is 16.6. The molecule has 0 atom stereocenters. The van der Waals surface area contributed by atoms with E-state index in [4.69, 9.17) is 0 Å². The standard InChI is InChI=1S/C18H23N5O/c1-2-22-13-20-21-16(22)11-19-17(24)23-12-18(9-5-6-10-18)14-7-3-4-8-15(14)23/h3-4,7-8,13H,2,5-6,9-12H2,1H3,(H,19,24). The lowest BCUT2D eigenvalue weighted by Crippen LogP contribution is -2.42. The van der Waals surface area contributed by atoms with Crippen LogP contribution in [0.1, 0.15) is 44.0 Å². The van der Waals surface area contributed by atoms with Crippen molar-refractivity contribution in [2.75, 3.05) is 11.4 Å². The van der Waals surface area contributed by atoms with E-state index in [1.807, 2.05) is 22.5 Å². The number of hydrogen-bond acceptors (Lipinski definition) is 3. The van der Waals surface area contributed by atoms with Crippen molar-refractivity contribution in [3.63, 3.8) is 0 Å². The molecule has 1 aliphatic carbocycles. The van der Waals surface area contributed by atoms with Crippen LogP contribution in [0, 0.1) is 0 Å². The minimum absolute atomic E-state index is 0.0446. The van der Waals surface area contributed by atoms with Crippen LogP contribution in [-0.4, -0.2) is 27.3 Å². The fourth-order valence-corrected chi connectivity index (χ4v) is 4.22. The van der Waals surface area contributed by atoms with E-state index in [9.17, 15) is 4.79 Å². The van der Waals surface area contributed by atoms with Gasteiger partial charge in [-0.05, 0) is 31.4 Å². The molecule has 0 saturated heterocycles. The molecule has 2 aromatic rings. The third-order valence-electron chi connectivity index (χ3n) is 5.47. The Bertz CT molecular complexity index is 747. The van der Waals surface area contributed by atoms with Gasteiger partial charge < -0.3 is 9.88 Å². The third-order valence-corrected chi connectivity index (χ3v) is 5.47. The number of carbonyl (C=O) groups excluding carboxylic acids is 1. The highest BCUT2D eigenvalue weighted by molar-refractivity contribution is 5.95. The number of anilines is 1. The summed E-state index contributed by atoms with van der Waals surface area (Å²) in [6.07, 6.45) is 6.56. The topological polar surface area (TPSA) is 63.1 Å². The summed E-state index contributed by atoms with van der Waals surface area (Å²) in [5, 5.41) is 11.0. The maximum Gasteiger partial charge on any atom is 0.322 e. The minimum Gasteiger partial charge on any atom is -0.330 e. The summed E-state index contributed by atoms with van der Waals surface area (Å²) in [5.41, 5.74) is 2.57. The van der Waals surface area contributed by atoms with Gasteiger partial charge in [0.2, 0.25) is 0 Å². The normalized spacial score (nSPS) is 18.1. The first-order chi connectivity index (χ1) is 11.7. The zero-order valence-electron chi connectivity index (χ0n) is 14.0. The molecular formula is C18H23N5O. The monoisotopic (exact) mass is 325 g/mol. The van der Waals surface area contributed by atoms with E-state index in [1.165, 1.54) is 31.2 Å². The van der Waals surface area contributed by atoms with Gasteiger partial charge >= 0.3 is 6.03 Å². The highest BCUT2D eigenvalue weighted by Crippen LogP contribution is 2.50. The Labute approximate surface area is 141 Å². The Morgan fingerprint density at radius 1 is 1.29 bits per heavy atom. The van der Waals surface area contributed by atoms with Gasteiger partial charge in [-0.15, -0.1) is 10.2 Å². The van der Waals surface area contributed by atoms with E-state index in [-0.39, 0.29) is 11.4 Å². The number of hydrogen-bond donors (Lipinski definition) is 1. The summed E-state index contributed by atoms with van der Waals surface area (Å²) in [5.74, 6) is 0.786. The van der Waals surface area contributed by atoms with Gasteiger partial charge in [-0.3, -0.25) is 4.90 Å². The lowest BCUT2D eigenvalue weighted by atomic mass is 9.81. The van der Waals surface area contributed by atoms with Crippen molar-refractivity contribution in [2.45, 2.75) is 51.1 Å². The maximum atomic E-state index is 12.8. The van der Waals surface area contributed by atoms with Crippen LogP contribution in [0.2, 0.25) is 0 Å². The van der Waals surface area contributed by atoms with Gasteiger partial charge in [0.1, 0.15) is 6.33 Å². The molecule has 2 aliphatic rings. The number of aromatic nitrogens is 3. The van der Waals surface area contributed by atoms with Crippen LogP contribution < -0.4 is 10.2 Å². The molecule has 2 amide bonds. The van der Waals surface area contributed by atoms with Crippen molar-refractivity contribution in [2.24, 2.45) is 0 Å². The Kier molecular flexibility index (Phi) is 3.75. The first-order valence-corrected chi connectivity index (χ1v) is 8.75. The molecule has 2 heterocycles. The second kappa shape index (κ2) is 5.92. The largest absolute Gasteiger partial charge is 0.330 e. The molecule has 0 bridgehead atoms. The van der Waals surface area contributed by atoms with Crippen LogP contribution in [0.5, 0.6) is 0 Å². The molecule has 1 saturated carbocycles. The van der Waals surface area contributed by atoms with E-state index < -0.39 is 0 Å². The molecular weight excluding hydrogens is 302 g/mol. The van der Waals surface area contributed by atoms with E-state index in [1.54, 1.807) is 6.33 Å². The highest BCUT2D eigenvalue weighted by atomic mass is 16.2. The molecule has 0 unspecified atom stereocenters. The Morgan fingerprint density at radius 3 is 2.88 bits per heavy atom. The van der Waals surface area contributed by atoms with Crippen LogP contribution in [-0.2, 0) is 18.5 Å². The minimum atomic E-state index is -0.0446. The van der Waals surface area contributed by atoms with Gasteiger partial charge in [0.25, 0.3) is 0 Å². The summed E-state index contributed by atoms with van der Waals surface area (Å²) >= 11 is 0. The maximum absolute atomic E-state index is 12.8. The summed E-state index contributed by atoms with van der Waals surface area (Å²) in [4.78, 5) is 14.7. The predicted octanol–water partition coefficient (Wildman–Crippen LogP) is 2.84. The van der Waals surface area contributed by atoms with Crippen molar-refractivity contribution in [1.82, 2.24) is 20.1 Å². The van der Waals surface area contributed by atoms with Crippen molar-refractivity contribution in [1.29, 1.82) is 0 Å². The fraction of sp³-hybridized carbons (Fsp3) is 0.500. The van der Waals surface area contributed by atoms with Gasteiger partial charge in [0.05, 0.1) is 6.54 Å². The second-order valence-corrected chi connectivity index (χ2v) is 6.78. The predicted molar refractivity (Wildman–Crippen MR) is 91.9 cm³/mol. The van der Waals surface area contributed by atoms with Crippen molar-refractivity contribution in [3.8, 4) is 0 Å². The van der Waals surface area contributed by atoms with Crippen molar-refractivity contribution in [3.05, 3.63) is 42.0 Å². The Balaban J connectivity index is 1.53. The van der Waals surface area contributed by atoms with Crippen LogP contribution >= 0.6 is 0 Å². The first kappa shape index (κ1) is 15.2. The second-order valence-electron chi connectivity index (χ2n) is 6.78. The molecule has 1 aromatic heterocycles. The number of fused-ring (bicyclic) bond motifs is 2. The summed E-state index contributed by atoms with van der Waals surface area (Å²) in [7, 11) is 0. The molecule has 4 rings (SSSR count). The molecule has 6 nitrogen and oxygen atoms in total. The lowest BCUT2D eigenvalue weighted by Gasteiger charge is -2.24. The number of aryl methyl sites for hydroxylation is 1. The van der Waals surface area contributed by atoms with Crippen LogP contribution in [0.15, 0.2) is 30.6 Å². The van der Waals surface area contributed by atoms with Crippen LogP contribution in [0.25, 0.3) is 0 Å². The SMILES string of the molecule is CCn1cnnc1CNC(=O)N1CC2(CCCC2)c2ccccc21. The summed E-state index contributed by atoms with van der Waals surface area (Å²) in [6, 6.07) is 8.32. The van der Waals surface area contributed by atoms with Crippen LogP contribution in [0.4, 0.5) is 10.5 Å². The number of para-hydroxylation sites is 1. The molecule has 0 radical (unpaired) electrons. The lowest BCUT2D eigenvalue weighted by molar-refractivity contribution is 0.244. The molecule has 6 heteroatoms. The smallest absolute Gasteiger partial charge is 0.322 e. The molecule has 126 valence electrons. The average molecular weight is 325 g/mol. The van der Waals surface area contributed by atoms with Gasteiger partial charge in [-0.1, -0.05) is 31.0 Å². The van der Waals surface area contributed by atoms with Gasteiger partial charge in [-0.25, -0.2) is 4.79 Å². The van der Waals surface area contributed by atoms with E-state index in [0.29, 0.717) is 6.54 Å². The quantitative estimate of drug-likeness (QED) is 0.944. The molecule has 1 aromatic carbocycles. The highest BCUT2D eigenvalue weighted by Gasteiger charge is 2.45. The van der Waals surface area contributed by atoms with Crippen molar-refractivity contribution >= 4 is 11.7 Å². The summed E-state index contributed by atoms with van der Waals surface area (Å²) in [6.45, 7) is 4.03. The van der Waals surface area contributed by atoms with E-state index >= 15 is 0 Å². The first-order valence-electron chi connectivity index (χ1n) is 8.75. The van der Waals surface area contributed by atoms with E-state index in [2.05, 4.69) is 33.7 Å². The molecule has 1 fully saturated rings. The van der Waals surface area contributed by atoms with E-state index in [0.717, 1.165) is 24.6 Å². The average Bonchev–Trinajstić information content (AvgIpc) is 3.33. The number of amides is 2. The Morgan fingerprint density at radius 2 is 2.08 bits per heavy atom. The van der Waals surface area contributed by atoms with Gasteiger partial charge in [0.15, 0.2) is 5.82 Å².